The van der Waals surface area contributed by atoms with Gasteiger partial charge in [0.05, 0.1) is 10.6 Å². The zero-order valence-corrected chi connectivity index (χ0v) is 19.1. The Balaban J connectivity index is 1.55. The van der Waals surface area contributed by atoms with Gasteiger partial charge in [-0.2, -0.15) is 0 Å². The van der Waals surface area contributed by atoms with Crippen molar-refractivity contribution < 1.29 is 9.90 Å². The van der Waals surface area contributed by atoms with Crippen LogP contribution in [0.3, 0.4) is 0 Å². The molecule has 30 heavy (non-hydrogen) atoms. The van der Waals surface area contributed by atoms with E-state index in [1.54, 1.807) is 0 Å². The van der Waals surface area contributed by atoms with Gasteiger partial charge in [0.15, 0.2) is 5.13 Å². The number of aliphatic hydroxyl groups is 1. The lowest BCUT2D eigenvalue weighted by atomic mass is 10.0. The Morgan fingerprint density at radius 3 is 2.80 bits per heavy atom. The third-order valence-electron chi connectivity index (χ3n) is 4.72. The second-order valence-corrected chi connectivity index (χ2v) is 9.66. The average molecular weight is 444 g/mol. The summed E-state index contributed by atoms with van der Waals surface area (Å²) in [6, 6.07) is 12.3. The highest BCUT2D eigenvalue weighted by Crippen LogP contribution is 2.23. The molecule has 1 amide bonds. The number of nitrogens with one attached hydrogen (secondary N) is 2. The molecule has 0 fully saturated rings. The number of benzene rings is 1. The van der Waals surface area contributed by atoms with Crippen molar-refractivity contribution in [2.75, 3.05) is 17.2 Å². The first-order valence-corrected chi connectivity index (χ1v) is 12.0. The number of nitrogens with zero attached hydrogens (tertiary/aromatic N) is 1. The van der Waals surface area contributed by atoms with Crippen LogP contribution in [0.1, 0.15) is 52.5 Å². The Morgan fingerprint density at radius 1 is 1.17 bits per heavy atom. The number of para-hydroxylation sites is 1. The number of aromatic nitrogens is 1. The number of carbonyl (C=O) groups is 1. The van der Waals surface area contributed by atoms with Crippen molar-refractivity contribution in [1.29, 1.82) is 0 Å². The third kappa shape index (κ3) is 6.65. The lowest BCUT2D eigenvalue weighted by Gasteiger charge is -2.12. The van der Waals surface area contributed by atoms with E-state index in [0.29, 0.717) is 23.0 Å². The molecule has 2 heterocycles. The predicted molar refractivity (Wildman–Crippen MR) is 127 cm³/mol. The Hall–Kier alpha value is -2.22. The van der Waals surface area contributed by atoms with Gasteiger partial charge in [-0.05, 0) is 42.5 Å². The summed E-state index contributed by atoms with van der Waals surface area (Å²) in [5.41, 5.74) is 3.30. The van der Waals surface area contributed by atoms with Crippen LogP contribution in [0.25, 0.3) is 0 Å². The first kappa shape index (κ1) is 22.5. The Kier molecular flexibility index (Phi) is 8.42. The first-order valence-electron chi connectivity index (χ1n) is 10.3. The lowest BCUT2D eigenvalue weighted by molar-refractivity contribution is 0.103. The van der Waals surface area contributed by atoms with Crippen LogP contribution in [-0.4, -0.2) is 22.6 Å². The minimum atomic E-state index is -0.148. The zero-order valence-electron chi connectivity index (χ0n) is 17.5. The second-order valence-electron chi connectivity index (χ2n) is 7.63. The zero-order chi connectivity index (χ0) is 21.3. The van der Waals surface area contributed by atoms with Gasteiger partial charge in [-0.3, -0.25) is 10.1 Å². The van der Waals surface area contributed by atoms with Crippen LogP contribution in [0.2, 0.25) is 0 Å². The molecule has 0 bridgehead atoms. The molecule has 0 aliphatic rings. The summed E-state index contributed by atoms with van der Waals surface area (Å²) in [7, 11) is 0. The average Bonchev–Trinajstić information content (AvgIpc) is 3.37. The van der Waals surface area contributed by atoms with Crippen LogP contribution < -0.4 is 10.6 Å². The van der Waals surface area contributed by atoms with E-state index in [1.165, 1.54) is 46.8 Å². The summed E-state index contributed by atoms with van der Waals surface area (Å²) in [5.74, 6) is 0.580. The minimum Gasteiger partial charge on any atom is -0.396 e. The van der Waals surface area contributed by atoms with Gasteiger partial charge in [-0.1, -0.05) is 38.5 Å². The second kappa shape index (κ2) is 11.2. The summed E-state index contributed by atoms with van der Waals surface area (Å²) < 4.78 is 0. The highest BCUT2D eigenvalue weighted by atomic mass is 32.1. The van der Waals surface area contributed by atoms with Crippen LogP contribution in [0.4, 0.5) is 10.8 Å². The van der Waals surface area contributed by atoms with Gasteiger partial charge >= 0.3 is 0 Å². The minimum absolute atomic E-state index is 0.0548. The van der Waals surface area contributed by atoms with E-state index >= 15 is 0 Å². The molecule has 1 aromatic carbocycles. The fourth-order valence-corrected chi connectivity index (χ4v) is 4.72. The van der Waals surface area contributed by atoms with Gasteiger partial charge in [0, 0.05) is 35.5 Å². The fourth-order valence-electron chi connectivity index (χ4n) is 3.14. The molecule has 3 aromatic rings. The number of aryl methyl sites for hydroxylation is 1. The van der Waals surface area contributed by atoms with Crippen molar-refractivity contribution in [3.63, 3.8) is 0 Å². The van der Waals surface area contributed by atoms with E-state index < -0.39 is 0 Å². The molecular weight excluding hydrogens is 414 g/mol. The molecule has 0 unspecified atom stereocenters. The predicted octanol–water partition coefficient (Wildman–Crippen LogP) is 5.58. The number of hydrogen-bond donors (Lipinski definition) is 3. The standard InChI is InChI=1S/C23H29N3O2S2/c1-16(2)6-5-8-17-7-3-4-9-20(17)24-14-19-10-11-21(30-19)22(28)26-23-25-18(12-13-27)15-29-23/h3-4,7,9-11,15-16,24,27H,5-6,8,12-14H2,1-2H3,(H,25,26,28). The number of carbonyl (C=O) groups excluding carboxylic acids is 1. The maximum atomic E-state index is 12.5. The van der Waals surface area contributed by atoms with Gasteiger partial charge in [0.1, 0.15) is 0 Å². The van der Waals surface area contributed by atoms with Crippen molar-refractivity contribution in [3.8, 4) is 0 Å². The van der Waals surface area contributed by atoms with Crippen molar-refractivity contribution in [3.05, 3.63) is 62.8 Å². The smallest absolute Gasteiger partial charge is 0.267 e. The molecule has 0 saturated carbocycles. The van der Waals surface area contributed by atoms with Crippen LogP contribution in [0.5, 0.6) is 0 Å². The highest BCUT2D eigenvalue weighted by molar-refractivity contribution is 7.15. The molecular formula is C23H29N3O2S2. The number of amides is 1. The van der Waals surface area contributed by atoms with Crippen molar-refractivity contribution in [1.82, 2.24) is 4.98 Å². The van der Waals surface area contributed by atoms with Gasteiger partial charge in [-0.25, -0.2) is 4.98 Å². The quantitative estimate of drug-likeness (QED) is 0.361. The van der Waals surface area contributed by atoms with E-state index in [0.717, 1.165) is 22.9 Å². The molecule has 3 rings (SSSR count). The van der Waals surface area contributed by atoms with Gasteiger partial charge in [0.25, 0.3) is 5.91 Å². The molecule has 5 nitrogen and oxygen atoms in total. The molecule has 0 atom stereocenters. The molecule has 3 N–H and O–H groups in total. The molecule has 0 radical (unpaired) electrons. The Bertz CT molecular complexity index is 949. The topological polar surface area (TPSA) is 74.2 Å². The summed E-state index contributed by atoms with van der Waals surface area (Å²) in [4.78, 5) is 18.6. The fraction of sp³-hybridized carbons (Fsp3) is 0.391. The number of rotatable bonds is 11. The van der Waals surface area contributed by atoms with E-state index in [9.17, 15) is 4.79 Å². The molecule has 0 saturated heterocycles. The first-order chi connectivity index (χ1) is 14.5. The molecule has 0 aliphatic heterocycles. The number of anilines is 2. The molecule has 160 valence electrons. The maximum Gasteiger partial charge on any atom is 0.267 e. The summed E-state index contributed by atoms with van der Waals surface area (Å²) in [5, 5.41) is 17.8. The summed E-state index contributed by atoms with van der Waals surface area (Å²) >= 11 is 2.86. The van der Waals surface area contributed by atoms with Crippen LogP contribution in [0, 0.1) is 5.92 Å². The summed E-state index contributed by atoms with van der Waals surface area (Å²) in [6.45, 7) is 5.27. The lowest BCUT2D eigenvalue weighted by Crippen LogP contribution is -2.10. The number of aliphatic hydroxyl groups excluding tert-OH is 1. The number of hydrogen-bond acceptors (Lipinski definition) is 6. The molecule has 0 spiro atoms. The van der Waals surface area contributed by atoms with Gasteiger partial charge < -0.3 is 10.4 Å². The monoisotopic (exact) mass is 443 g/mol. The van der Waals surface area contributed by atoms with E-state index in [2.05, 4.69) is 53.7 Å². The van der Waals surface area contributed by atoms with Crippen molar-refractivity contribution >= 4 is 39.4 Å². The largest absolute Gasteiger partial charge is 0.396 e. The van der Waals surface area contributed by atoms with Crippen LogP contribution in [-0.2, 0) is 19.4 Å². The SMILES string of the molecule is CC(C)CCCc1ccccc1NCc1ccc(C(=O)Nc2nc(CCO)cs2)s1. The summed E-state index contributed by atoms with van der Waals surface area (Å²) in [6.07, 6.45) is 4.00. The van der Waals surface area contributed by atoms with Crippen molar-refractivity contribution in [2.45, 2.75) is 46.1 Å². The molecule has 0 aliphatic carbocycles. The highest BCUT2D eigenvalue weighted by Gasteiger charge is 2.12. The molecule has 2 aromatic heterocycles. The number of thiophene rings is 1. The Labute approximate surface area is 186 Å². The van der Waals surface area contributed by atoms with E-state index in [-0.39, 0.29) is 12.5 Å². The number of thiazole rings is 1. The van der Waals surface area contributed by atoms with Crippen molar-refractivity contribution in [2.24, 2.45) is 5.92 Å². The van der Waals surface area contributed by atoms with E-state index in [4.69, 9.17) is 5.11 Å². The normalized spacial score (nSPS) is 11.1. The van der Waals surface area contributed by atoms with Gasteiger partial charge in [-0.15, -0.1) is 22.7 Å². The van der Waals surface area contributed by atoms with Crippen LogP contribution >= 0.6 is 22.7 Å². The van der Waals surface area contributed by atoms with Gasteiger partial charge in [0.2, 0.25) is 0 Å². The third-order valence-corrected chi connectivity index (χ3v) is 6.61. The molecule has 7 heteroatoms. The van der Waals surface area contributed by atoms with E-state index in [1.807, 2.05) is 17.5 Å². The van der Waals surface area contributed by atoms with Crippen LogP contribution in [0.15, 0.2) is 41.8 Å². The maximum absolute atomic E-state index is 12.5. The Morgan fingerprint density at radius 2 is 2.00 bits per heavy atom.